The van der Waals surface area contributed by atoms with Gasteiger partial charge in [0.1, 0.15) is 5.82 Å². The first-order chi connectivity index (χ1) is 14.5. The Morgan fingerprint density at radius 3 is 2.57 bits per heavy atom. The highest BCUT2D eigenvalue weighted by Crippen LogP contribution is 2.47. The van der Waals surface area contributed by atoms with E-state index < -0.39 is 0 Å². The maximum Gasteiger partial charge on any atom is 0.163 e. The van der Waals surface area contributed by atoms with Gasteiger partial charge in [0.25, 0.3) is 0 Å². The van der Waals surface area contributed by atoms with Crippen molar-refractivity contribution in [1.82, 2.24) is 9.88 Å². The van der Waals surface area contributed by atoms with Gasteiger partial charge in [0.15, 0.2) is 11.5 Å². The number of aromatic nitrogens is 1. The Morgan fingerprint density at radius 1 is 1.13 bits per heavy atom. The van der Waals surface area contributed by atoms with Crippen molar-refractivity contribution in [3.8, 4) is 11.5 Å². The molecule has 3 heterocycles. The molecule has 6 nitrogen and oxygen atoms in total. The summed E-state index contributed by atoms with van der Waals surface area (Å²) in [4.78, 5) is 7.48. The van der Waals surface area contributed by atoms with E-state index in [-0.39, 0.29) is 12.2 Å². The lowest BCUT2D eigenvalue weighted by Crippen LogP contribution is -2.21. The lowest BCUT2D eigenvalue weighted by Gasteiger charge is -2.19. The van der Waals surface area contributed by atoms with E-state index in [2.05, 4.69) is 44.0 Å². The number of pyridine rings is 1. The minimum Gasteiger partial charge on any atom is -0.493 e. The lowest BCUT2D eigenvalue weighted by atomic mass is 9.98. The predicted octanol–water partition coefficient (Wildman–Crippen LogP) is 5.08. The number of fused-ring (bicyclic) bond motifs is 3. The van der Waals surface area contributed by atoms with E-state index in [1.54, 1.807) is 7.11 Å². The molecule has 2 aliphatic rings. The highest BCUT2D eigenvalue weighted by Gasteiger charge is 2.32. The van der Waals surface area contributed by atoms with E-state index in [1.807, 2.05) is 6.07 Å². The molecule has 0 amide bonds. The Bertz CT molecular complexity index is 893. The molecule has 2 atom stereocenters. The van der Waals surface area contributed by atoms with E-state index in [1.165, 1.54) is 31.5 Å². The highest BCUT2D eigenvalue weighted by molar-refractivity contribution is 5.90. The van der Waals surface area contributed by atoms with Gasteiger partial charge in [-0.1, -0.05) is 0 Å². The smallest absolute Gasteiger partial charge is 0.163 e. The molecular weight excluding hydrogens is 378 g/mol. The Kier molecular flexibility index (Phi) is 6.34. The van der Waals surface area contributed by atoms with Crippen molar-refractivity contribution in [2.75, 3.05) is 38.7 Å². The molecule has 1 aromatic carbocycles. The van der Waals surface area contributed by atoms with Crippen LogP contribution in [-0.2, 0) is 4.74 Å². The first-order valence-corrected chi connectivity index (χ1v) is 11.3. The summed E-state index contributed by atoms with van der Waals surface area (Å²) in [5, 5.41) is 4.59. The fourth-order valence-corrected chi connectivity index (χ4v) is 4.73. The van der Waals surface area contributed by atoms with E-state index in [0.29, 0.717) is 12.6 Å². The minimum atomic E-state index is 0.0145. The second kappa shape index (κ2) is 8.98. The van der Waals surface area contributed by atoms with Crippen LogP contribution < -0.4 is 14.8 Å². The van der Waals surface area contributed by atoms with Crippen molar-refractivity contribution in [2.45, 2.75) is 65.2 Å². The molecule has 4 rings (SSSR count). The molecular formula is C24H35N3O3. The highest BCUT2D eigenvalue weighted by atomic mass is 16.5. The molecule has 1 aromatic heterocycles. The molecule has 2 aliphatic heterocycles. The van der Waals surface area contributed by atoms with Crippen molar-refractivity contribution in [2.24, 2.45) is 0 Å². The van der Waals surface area contributed by atoms with Crippen LogP contribution in [0, 0.1) is 0 Å². The summed E-state index contributed by atoms with van der Waals surface area (Å²) in [5.74, 6) is 2.42. The fourth-order valence-electron chi connectivity index (χ4n) is 4.73. The summed E-state index contributed by atoms with van der Waals surface area (Å²) in [6.45, 7) is 12.7. The maximum atomic E-state index is 6.14. The number of hydrogen-bond acceptors (Lipinski definition) is 6. The molecule has 0 aliphatic carbocycles. The van der Waals surface area contributed by atoms with Crippen LogP contribution in [-0.4, -0.2) is 49.3 Å². The van der Waals surface area contributed by atoms with Gasteiger partial charge in [-0.25, -0.2) is 4.98 Å². The summed E-state index contributed by atoms with van der Waals surface area (Å²) in [7, 11) is 1.70. The van der Waals surface area contributed by atoms with Gasteiger partial charge in [0, 0.05) is 29.6 Å². The molecule has 2 aromatic rings. The molecule has 0 unspecified atom stereocenters. The number of nitrogens with one attached hydrogen (secondary N) is 1. The summed E-state index contributed by atoms with van der Waals surface area (Å²) in [6.07, 6.45) is 3.69. The summed E-state index contributed by atoms with van der Waals surface area (Å²) in [6, 6.07) is 4.38. The quantitative estimate of drug-likeness (QED) is 0.609. The zero-order chi connectivity index (χ0) is 21.3. The van der Waals surface area contributed by atoms with Gasteiger partial charge in [-0.3, -0.25) is 0 Å². The maximum absolute atomic E-state index is 6.14. The van der Waals surface area contributed by atoms with Gasteiger partial charge in [-0.15, -0.1) is 0 Å². The van der Waals surface area contributed by atoms with Crippen LogP contribution in [0.5, 0.6) is 11.5 Å². The Morgan fingerprint density at radius 2 is 1.87 bits per heavy atom. The zero-order valence-electron chi connectivity index (χ0n) is 19.0. The van der Waals surface area contributed by atoms with Crippen molar-refractivity contribution >= 4 is 16.7 Å². The zero-order valence-corrected chi connectivity index (χ0v) is 19.0. The summed E-state index contributed by atoms with van der Waals surface area (Å²) in [5.41, 5.74) is 3.27. The number of anilines is 1. The standard InChI is InChI=1S/C24H35N3O3/c1-15(2)25-24-23-17(4)30-16(3)22(23)18-13-20(28-5)21(14-19(18)26-24)29-12-8-11-27-9-6-7-10-27/h13-17H,6-12H2,1-5H3,(H,25,26)/t16-,17+/m0/s1. The topological polar surface area (TPSA) is 55.8 Å². The van der Waals surface area contributed by atoms with Crippen LogP contribution in [0.1, 0.15) is 70.3 Å². The van der Waals surface area contributed by atoms with E-state index in [0.717, 1.165) is 46.7 Å². The summed E-state index contributed by atoms with van der Waals surface area (Å²) >= 11 is 0. The Labute approximate surface area is 179 Å². The first kappa shape index (κ1) is 21.2. The van der Waals surface area contributed by atoms with Gasteiger partial charge in [-0.05, 0) is 71.7 Å². The second-order valence-corrected chi connectivity index (χ2v) is 8.78. The Hall–Kier alpha value is -2.05. The van der Waals surface area contributed by atoms with E-state index >= 15 is 0 Å². The molecule has 0 spiro atoms. The third kappa shape index (κ3) is 4.21. The van der Waals surface area contributed by atoms with Gasteiger partial charge in [0.05, 0.1) is 31.4 Å². The van der Waals surface area contributed by atoms with Crippen LogP contribution in [0.4, 0.5) is 5.82 Å². The molecule has 1 N–H and O–H groups in total. The molecule has 164 valence electrons. The van der Waals surface area contributed by atoms with Crippen LogP contribution in [0.3, 0.4) is 0 Å². The predicted molar refractivity (Wildman–Crippen MR) is 121 cm³/mol. The molecule has 30 heavy (non-hydrogen) atoms. The third-order valence-electron chi connectivity index (χ3n) is 6.07. The molecule has 0 bridgehead atoms. The molecule has 6 heteroatoms. The number of methoxy groups -OCH3 is 1. The van der Waals surface area contributed by atoms with E-state index in [4.69, 9.17) is 19.2 Å². The van der Waals surface area contributed by atoms with Crippen LogP contribution in [0.15, 0.2) is 12.1 Å². The Balaban J connectivity index is 1.63. The van der Waals surface area contributed by atoms with E-state index in [9.17, 15) is 0 Å². The summed E-state index contributed by atoms with van der Waals surface area (Å²) < 4.78 is 18.0. The van der Waals surface area contributed by atoms with Gasteiger partial charge < -0.3 is 24.4 Å². The number of benzene rings is 1. The third-order valence-corrected chi connectivity index (χ3v) is 6.07. The van der Waals surface area contributed by atoms with Gasteiger partial charge in [-0.2, -0.15) is 0 Å². The fraction of sp³-hybridized carbons (Fsp3) is 0.625. The number of nitrogens with zero attached hydrogens (tertiary/aromatic N) is 2. The van der Waals surface area contributed by atoms with Gasteiger partial charge in [0.2, 0.25) is 0 Å². The minimum absolute atomic E-state index is 0.0145. The van der Waals surface area contributed by atoms with Gasteiger partial charge >= 0.3 is 0 Å². The molecule has 0 radical (unpaired) electrons. The lowest BCUT2D eigenvalue weighted by molar-refractivity contribution is 0.0338. The second-order valence-electron chi connectivity index (χ2n) is 8.78. The first-order valence-electron chi connectivity index (χ1n) is 11.3. The van der Waals surface area contributed by atoms with Crippen molar-refractivity contribution in [3.63, 3.8) is 0 Å². The van der Waals surface area contributed by atoms with Crippen LogP contribution in [0.2, 0.25) is 0 Å². The number of rotatable bonds is 8. The van der Waals surface area contributed by atoms with Crippen molar-refractivity contribution in [1.29, 1.82) is 0 Å². The number of likely N-dealkylation sites (tertiary alicyclic amines) is 1. The molecule has 1 fully saturated rings. The van der Waals surface area contributed by atoms with Crippen molar-refractivity contribution in [3.05, 3.63) is 23.3 Å². The molecule has 1 saturated heterocycles. The monoisotopic (exact) mass is 413 g/mol. The number of hydrogen-bond donors (Lipinski definition) is 1. The SMILES string of the molecule is COc1cc2c3c(c(NC(C)C)nc2cc1OCCCN1CCCC1)[C@@H](C)O[C@H]3C. The average Bonchev–Trinajstić information content (AvgIpc) is 3.32. The number of ether oxygens (including phenoxy) is 3. The van der Waals surface area contributed by atoms with Crippen LogP contribution >= 0.6 is 0 Å². The average molecular weight is 414 g/mol. The normalized spacial score (nSPS) is 21.4. The van der Waals surface area contributed by atoms with Crippen molar-refractivity contribution < 1.29 is 14.2 Å². The molecule has 0 saturated carbocycles. The largest absolute Gasteiger partial charge is 0.493 e. The van der Waals surface area contributed by atoms with Crippen LogP contribution in [0.25, 0.3) is 10.9 Å².